The summed E-state index contributed by atoms with van der Waals surface area (Å²) in [5, 5.41) is 26.9. The fraction of sp³-hybridized carbons (Fsp3) is 0.318. The van der Waals surface area contributed by atoms with E-state index >= 15 is 0 Å². The Morgan fingerprint density at radius 2 is 1.97 bits per heavy atom. The lowest BCUT2D eigenvalue weighted by molar-refractivity contribution is -0.132. The highest BCUT2D eigenvalue weighted by molar-refractivity contribution is 5.91. The van der Waals surface area contributed by atoms with Crippen LogP contribution in [0.2, 0.25) is 0 Å². The number of nitrogens with zero attached hydrogens (tertiary/aromatic N) is 3. The molecular weight excluding hydrogens is 382 g/mol. The maximum Gasteiger partial charge on any atom is 0.239 e. The van der Waals surface area contributed by atoms with Crippen LogP contribution < -0.4 is 10.6 Å². The van der Waals surface area contributed by atoms with Gasteiger partial charge in [0.1, 0.15) is 11.6 Å². The van der Waals surface area contributed by atoms with Gasteiger partial charge in [-0.25, -0.2) is 9.97 Å². The van der Waals surface area contributed by atoms with Gasteiger partial charge in [0.15, 0.2) is 5.82 Å². The van der Waals surface area contributed by atoms with E-state index < -0.39 is 0 Å². The molecule has 8 nitrogen and oxygen atoms in total. The molecule has 0 unspecified atom stereocenters. The van der Waals surface area contributed by atoms with E-state index in [1.54, 1.807) is 25.2 Å². The number of benzene rings is 2. The molecule has 1 aromatic heterocycles. The Balaban J connectivity index is 1.60. The fourth-order valence-corrected chi connectivity index (χ4v) is 3.72. The van der Waals surface area contributed by atoms with Crippen LogP contribution in [0.15, 0.2) is 48.5 Å². The Labute approximate surface area is 174 Å². The Morgan fingerprint density at radius 1 is 1.20 bits per heavy atom. The van der Waals surface area contributed by atoms with E-state index in [0.29, 0.717) is 36.7 Å². The third-order valence-electron chi connectivity index (χ3n) is 5.33. The SMILES string of the molecule is CN(CCO)C(=O)[C@H]1C[C@H](Nc2nc(-c3ccccc3O)nc3ccccc23)CN1. The van der Waals surface area contributed by atoms with Crippen LogP contribution >= 0.6 is 0 Å². The number of hydrogen-bond donors (Lipinski definition) is 4. The van der Waals surface area contributed by atoms with Crippen molar-refractivity contribution in [2.75, 3.05) is 32.1 Å². The average molecular weight is 407 g/mol. The zero-order chi connectivity index (χ0) is 21.1. The Morgan fingerprint density at radius 3 is 2.77 bits per heavy atom. The number of anilines is 1. The van der Waals surface area contributed by atoms with Crippen LogP contribution in [-0.2, 0) is 4.79 Å². The lowest BCUT2D eigenvalue weighted by atomic mass is 10.1. The summed E-state index contributed by atoms with van der Waals surface area (Å²) in [5.74, 6) is 1.20. The molecular formula is C22H25N5O3. The summed E-state index contributed by atoms with van der Waals surface area (Å²) in [6, 6.07) is 14.4. The average Bonchev–Trinajstić information content (AvgIpc) is 3.22. The second-order valence-electron chi connectivity index (χ2n) is 7.45. The highest BCUT2D eigenvalue weighted by Crippen LogP contribution is 2.30. The van der Waals surface area contributed by atoms with Crippen molar-refractivity contribution in [2.45, 2.75) is 18.5 Å². The van der Waals surface area contributed by atoms with Crippen molar-refractivity contribution in [3.8, 4) is 17.1 Å². The second-order valence-corrected chi connectivity index (χ2v) is 7.45. The summed E-state index contributed by atoms with van der Waals surface area (Å²) in [6.07, 6.45) is 0.610. The van der Waals surface area contributed by atoms with Gasteiger partial charge in [-0.15, -0.1) is 0 Å². The molecule has 1 saturated heterocycles. The van der Waals surface area contributed by atoms with E-state index in [4.69, 9.17) is 10.1 Å². The highest BCUT2D eigenvalue weighted by Gasteiger charge is 2.31. The molecule has 8 heteroatoms. The van der Waals surface area contributed by atoms with Gasteiger partial charge in [-0.2, -0.15) is 0 Å². The monoisotopic (exact) mass is 407 g/mol. The first-order valence-electron chi connectivity index (χ1n) is 9.97. The van der Waals surface area contributed by atoms with Crippen LogP contribution in [0, 0.1) is 0 Å². The van der Waals surface area contributed by atoms with Crippen molar-refractivity contribution < 1.29 is 15.0 Å². The van der Waals surface area contributed by atoms with E-state index in [9.17, 15) is 9.90 Å². The molecule has 0 spiro atoms. The Kier molecular flexibility index (Phi) is 5.78. The van der Waals surface area contributed by atoms with Crippen LogP contribution in [0.4, 0.5) is 5.82 Å². The summed E-state index contributed by atoms with van der Waals surface area (Å²) >= 11 is 0. The number of carbonyl (C=O) groups excluding carboxylic acids is 1. The largest absolute Gasteiger partial charge is 0.507 e. The van der Waals surface area contributed by atoms with Crippen molar-refractivity contribution in [3.05, 3.63) is 48.5 Å². The molecule has 1 amide bonds. The van der Waals surface area contributed by atoms with Crippen molar-refractivity contribution in [1.29, 1.82) is 0 Å². The van der Waals surface area contributed by atoms with Crippen LogP contribution in [0.1, 0.15) is 6.42 Å². The number of rotatable bonds is 6. The number of aromatic hydroxyl groups is 1. The van der Waals surface area contributed by atoms with E-state index in [1.807, 2.05) is 30.3 Å². The van der Waals surface area contributed by atoms with Gasteiger partial charge in [0.05, 0.1) is 23.7 Å². The summed E-state index contributed by atoms with van der Waals surface area (Å²) in [5.41, 5.74) is 1.34. The molecule has 0 aliphatic carbocycles. The first-order valence-corrected chi connectivity index (χ1v) is 9.97. The third kappa shape index (κ3) is 4.05. The van der Waals surface area contributed by atoms with Crippen LogP contribution in [0.5, 0.6) is 5.75 Å². The van der Waals surface area contributed by atoms with Gasteiger partial charge in [-0.3, -0.25) is 4.79 Å². The minimum Gasteiger partial charge on any atom is -0.507 e. The molecule has 4 rings (SSSR count). The van der Waals surface area contributed by atoms with Crippen LogP contribution in [0.3, 0.4) is 0 Å². The smallest absolute Gasteiger partial charge is 0.239 e. The normalized spacial score (nSPS) is 18.5. The lowest BCUT2D eigenvalue weighted by Gasteiger charge is -2.20. The van der Waals surface area contributed by atoms with Gasteiger partial charge < -0.3 is 25.7 Å². The minimum atomic E-state index is -0.301. The number of aromatic nitrogens is 2. The first-order chi connectivity index (χ1) is 14.6. The van der Waals surface area contributed by atoms with Gasteiger partial charge in [-0.05, 0) is 30.7 Å². The van der Waals surface area contributed by atoms with Gasteiger partial charge >= 0.3 is 0 Å². The zero-order valence-corrected chi connectivity index (χ0v) is 16.7. The predicted octanol–water partition coefficient (Wildman–Crippen LogP) is 1.60. The molecule has 156 valence electrons. The number of likely N-dealkylation sites (N-methyl/N-ethyl adjacent to an activating group) is 1. The van der Waals surface area contributed by atoms with Crippen LogP contribution in [-0.4, -0.2) is 69.8 Å². The Bertz CT molecular complexity index is 1060. The molecule has 1 aliphatic rings. The molecule has 0 saturated carbocycles. The van der Waals surface area contributed by atoms with Gasteiger partial charge in [0, 0.05) is 31.6 Å². The standard InChI is InChI=1S/C22H25N5O3/c1-27(10-11-28)22(30)18-12-14(13-23-18)24-20-15-6-2-4-8-17(15)25-21(26-20)16-7-3-5-9-19(16)29/h2-9,14,18,23,28-29H,10-13H2,1H3,(H,24,25,26)/t14-,18+/m0/s1. The molecule has 30 heavy (non-hydrogen) atoms. The zero-order valence-electron chi connectivity index (χ0n) is 16.7. The number of aliphatic hydroxyl groups is 1. The second kappa shape index (κ2) is 8.64. The van der Waals surface area contributed by atoms with Crippen molar-refractivity contribution in [2.24, 2.45) is 0 Å². The number of amides is 1. The molecule has 3 aromatic rings. The summed E-state index contributed by atoms with van der Waals surface area (Å²) in [7, 11) is 1.69. The van der Waals surface area contributed by atoms with Crippen molar-refractivity contribution >= 4 is 22.6 Å². The number of nitrogens with one attached hydrogen (secondary N) is 2. The molecule has 2 aromatic carbocycles. The quantitative estimate of drug-likeness (QED) is 0.491. The highest BCUT2D eigenvalue weighted by atomic mass is 16.3. The molecule has 2 atom stereocenters. The van der Waals surface area contributed by atoms with Gasteiger partial charge in [0.2, 0.25) is 5.91 Å². The van der Waals surface area contributed by atoms with E-state index in [0.717, 1.165) is 10.9 Å². The molecule has 2 heterocycles. The van der Waals surface area contributed by atoms with Crippen LogP contribution in [0.25, 0.3) is 22.3 Å². The summed E-state index contributed by atoms with van der Waals surface area (Å²) < 4.78 is 0. The summed E-state index contributed by atoms with van der Waals surface area (Å²) in [6.45, 7) is 0.877. The minimum absolute atomic E-state index is 0.0111. The van der Waals surface area contributed by atoms with E-state index in [1.165, 1.54) is 4.90 Å². The third-order valence-corrected chi connectivity index (χ3v) is 5.33. The topological polar surface area (TPSA) is 111 Å². The lowest BCUT2D eigenvalue weighted by Crippen LogP contribution is -2.42. The predicted molar refractivity (Wildman–Crippen MR) is 115 cm³/mol. The van der Waals surface area contributed by atoms with Crippen molar-refractivity contribution in [3.63, 3.8) is 0 Å². The molecule has 1 aliphatic heterocycles. The number of hydrogen-bond acceptors (Lipinski definition) is 7. The molecule has 0 radical (unpaired) electrons. The maximum absolute atomic E-state index is 12.5. The maximum atomic E-state index is 12.5. The van der Waals surface area contributed by atoms with Gasteiger partial charge in [-0.1, -0.05) is 24.3 Å². The molecule has 4 N–H and O–H groups in total. The number of para-hydroxylation sites is 2. The number of aliphatic hydroxyl groups excluding tert-OH is 1. The van der Waals surface area contributed by atoms with E-state index in [-0.39, 0.29) is 30.3 Å². The fourth-order valence-electron chi connectivity index (χ4n) is 3.72. The van der Waals surface area contributed by atoms with E-state index in [2.05, 4.69) is 15.6 Å². The summed E-state index contributed by atoms with van der Waals surface area (Å²) in [4.78, 5) is 23.3. The number of phenolic OH excluding ortho intramolecular Hbond substituents is 1. The number of phenols is 1. The van der Waals surface area contributed by atoms with Crippen molar-refractivity contribution in [1.82, 2.24) is 20.2 Å². The number of fused-ring (bicyclic) bond motifs is 1. The molecule has 0 bridgehead atoms. The number of carbonyl (C=O) groups is 1. The first kappa shape index (κ1) is 20.1. The van der Waals surface area contributed by atoms with Gasteiger partial charge in [0.25, 0.3) is 0 Å². The molecule has 1 fully saturated rings. The Hall–Kier alpha value is -3.23.